The topological polar surface area (TPSA) is 55.4 Å². The van der Waals surface area contributed by atoms with Gasteiger partial charge in [0.1, 0.15) is 0 Å². The lowest BCUT2D eigenvalue weighted by Gasteiger charge is -2.12. The predicted molar refractivity (Wildman–Crippen MR) is 54.0 cm³/mol. The molecular formula is C11H17NO3. The summed E-state index contributed by atoms with van der Waals surface area (Å²) in [6, 6.07) is 0.318. The molecule has 0 bridgehead atoms. The Morgan fingerprint density at radius 2 is 2.00 bits per heavy atom. The van der Waals surface area contributed by atoms with Crippen molar-refractivity contribution in [1.82, 2.24) is 5.32 Å². The van der Waals surface area contributed by atoms with Gasteiger partial charge in [-0.25, -0.2) is 0 Å². The fourth-order valence-electron chi connectivity index (χ4n) is 1.51. The number of hydrogen-bond donors (Lipinski definition) is 1. The Bertz CT molecular complexity index is 286. The van der Waals surface area contributed by atoms with Gasteiger partial charge in [0.15, 0.2) is 6.10 Å². The van der Waals surface area contributed by atoms with E-state index in [1.165, 1.54) is 0 Å². The Morgan fingerprint density at radius 3 is 2.47 bits per heavy atom. The van der Waals surface area contributed by atoms with E-state index in [0.717, 1.165) is 19.3 Å². The van der Waals surface area contributed by atoms with Crippen molar-refractivity contribution in [3.8, 4) is 0 Å². The standard InChI is InChI=1S/C11H17NO3/c1-6-5-9(6)11(14)15-7(2)10(13)12-8-3-4-8/h6-9H,3-5H2,1-2H3,(H,12,13)/t6-,7+,9-/m1/s1. The number of esters is 1. The zero-order chi connectivity index (χ0) is 11.0. The van der Waals surface area contributed by atoms with E-state index in [0.29, 0.717) is 12.0 Å². The van der Waals surface area contributed by atoms with Crippen molar-refractivity contribution in [1.29, 1.82) is 0 Å². The summed E-state index contributed by atoms with van der Waals surface area (Å²) in [4.78, 5) is 22.9. The van der Waals surface area contributed by atoms with Crippen LogP contribution in [0.2, 0.25) is 0 Å². The van der Waals surface area contributed by atoms with E-state index in [1.807, 2.05) is 6.92 Å². The molecule has 3 atom stereocenters. The third kappa shape index (κ3) is 2.70. The molecular weight excluding hydrogens is 194 g/mol. The molecule has 0 aromatic carbocycles. The predicted octanol–water partition coefficient (Wildman–Crippen LogP) is 0.853. The molecule has 0 heterocycles. The fraction of sp³-hybridized carbons (Fsp3) is 0.818. The zero-order valence-electron chi connectivity index (χ0n) is 9.16. The Labute approximate surface area is 89.4 Å². The Kier molecular flexibility index (Phi) is 2.67. The lowest BCUT2D eigenvalue weighted by molar-refractivity contribution is -0.156. The van der Waals surface area contributed by atoms with E-state index < -0.39 is 6.10 Å². The Hall–Kier alpha value is -1.06. The molecule has 2 fully saturated rings. The first-order valence-electron chi connectivity index (χ1n) is 5.59. The van der Waals surface area contributed by atoms with E-state index in [9.17, 15) is 9.59 Å². The molecule has 4 nitrogen and oxygen atoms in total. The van der Waals surface area contributed by atoms with Crippen LogP contribution >= 0.6 is 0 Å². The largest absolute Gasteiger partial charge is 0.452 e. The molecule has 0 aromatic rings. The molecule has 4 heteroatoms. The van der Waals surface area contributed by atoms with Crippen LogP contribution in [0.5, 0.6) is 0 Å². The number of carbonyl (C=O) groups is 2. The Morgan fingerprint density at radius 1 is 1.40 bits per heavy atom. The van der Waals surface area contributed by atoms with E-state index in [-0.39, 0.29) is 17.8 Å². The molecule has 2 saturated carbocycles. The second-order valence-corrected chi connectivity index (χ2v) is 4.68. The molecule has 84 valence electrons. The van der Waals surface area contributed by atoms with E-state index in [4.69, 9.17) is 4.74 Å². The smallest absolute Gasteiger partial charge is 0.309 e. The van der Waals surface area contributed by atoms with Crippen LogP contribution in [0, 0.1) is 11.8 Å². The summed E-state index contributed by atoms with van der Waals surface area (Å²) < 4.78 is 5.08. The zero-order valence-corrected chi connectivity index (χ0v) is 9.16. The number of carbonyl (C=O) groups excluding carboxylic acids is 2. The molecule has 2 aliphatic rings. The number of hydrogen-bond acceptors (Lipinski definition) is 3. The van der Waals surface area contributed by atoms with Crippen molar-refractivity contribution in [3.05, 3.63) is 0 Å². The maximum atomic E-state index is 11.5. The minimum atomic E-state index is -0.647. The third-order valence-electron chi connectivity index (χ3n) is 3.00. The molecule has 0 saturated heterocycles. The lowest BCUT2D eigenvalue weighted by atomic mass is 10.3. The van der Waals surface area contributed by atoms with Crippen molar-refractivity contribution >= 4 is 11.9 Å². The molecule has 1 N–H and O–H groups in total. The van der Waals surface area contributed by atoms with Gasteiger partial charge < -0.3 is 10.1 Å². The molecule has 0 unspecified atom stereocenters. The summed E-state index contributed by atoms with van der Waals surface area (Å²) >= 11 is 0. The van der Waals surface area contributed by atoms with Crippen LogP contribution in [-0.4, -0.2) is 24.0 Å². The van der Waals surface area contributed by atoms with Crippen LogP contribution in [0.3, 0.4) is 0 Å². The van der Waals surface area contributed by atoms with Crippen LogP contribution in [0.15, 0.2) is 0 Å². The normalized spacial score (nSPS) is 30.5. The highest BCUT2D eigenvalue weighted by Crippen LogP contribution is 2.38. The van der Waals surface area contributed by atoms with Gasteiger partial charge in [-0.2, -0.15) is 0 Å². The van der Waals surface area contributed by atoms with Crippen molar-refractivity contribution in [2.75, 3.05) is 0 Å². The van der Waals surface area contributed by atoms with Crippen LogP contribution in [0.25, 0.3) is 0 Å². The maximum Gasteiger partial charge on any atom is 0.309 e. The highest BCUT2D eigenvalue weighted by molar-refractivity contribution is 5.85. The minimum absolute atomic E-state index is 0.0289. The van der Waals surface area contributed by atoms with Gasteiger partial charge in [-0.05, 0) is 32.1 Å². The van der Waals surface area contributed by atoms with Crippen LogP contribution in [-0.2, 0) is 14.3 Å². The van der Waals surface area contributed by atoms with E-state index in [1.54, 1.807) is 6.92 Å². The van der Waals surface area contributed by atoms with Crippen molar-refractivity contribution in [2.45, 2.75) is 45.3 Å². The van der Waals surface area contributed by atoms with Gasteiger partial charge in [0.2, 0.25) is 0 Å². The van der Waals surface area contributed by atoms with Crippen molar-refractivity contribution in [3.63, 3.8) is 0 Å². The SMILES string of the molecule is C[C@H](OC(=O)[C@@H]1C[C@H]1C)C(=O)NC1CC1. The molecule has 0 aromatic heterocycles. The molecule has 0 spiro atoms. The number of ether oxygens (including phenoxy) is 1. The number of nitrogens with one attached hydrogen (secondary N) is 1. The van der Waals surface area contributed by atoms with Gasteiger partial charge >= 0.3 is 5.97 Å². The van der Waals surface area contributed by atoms with Gasteiger partial charge in [0, 0.05) is 6.04 Å². The summed E-state index contributed by atoms with van der Waals surface area (Å²) in [5, 5.41) is 2.81. The third-order valence-corrected chi connectivity index (χ3v) is 3.00. The quantitative estimate of drug-likeness (QED) is 0.701. The summed E-state index contributed by atoms with van der Waals surface area (Å²) in [7, 11) is 0. The molecule has 1 amide bonds. The summed E-state index contributed by atoms with van der Waals surface area (Å²) in [6.07, 6.45) is 2.35. The highest BCUT2D eigenvalue weighted by atomic mass is 16.5. The molecule has 2 rings (SSSR count). The molecule has 0 radical (unpaired) electrons. The van der Waals surface area contributed by atoms with Crippen LogP contribution < -0.4 is 5.32 Å². The summed E-state index contributed by atoms with van der Waals surface area (Å²) in [5.74, 6) is 0.0671. The van der Waals surface area contributed by atoms with E-state index >= 15 is 0 Å². The van der Waals surface area contributed by atoms with Gasteiger partial charge in [0.25, 0.3) is 5.91 Å². The first-order chi connectivity index (χ1) is 7.08. The van der Waals surface area contributed by atoms with Crippen LogP contribution in [0.4, 0.5) is 0 Å². The van der Waals surface area contributed by atoms with Gasteiger partial charge in [0.05, 0.1) is 5.92 Å². The van der Waals surface area contributed by atoms with E-state index in [2.05, 4.69) is 5.32 Å². The van der Waals surface area contributed by atoms with Crippen molar-refractivity contribution in [2.24, 2.45) is 11.8 Å². The molecule has 2 aliphatic carbocycles. The molecule has 0 aliphatic heterocycles. The second-order valence-electron chi connectivity index (χ2n) is 4.68. The minimum Gasteiger partial charge on any atom is -0.452 e. The monoisotopic (exact) mass is 211 g/mol. The van der Waals surface area contributed by atoms with Gasteiger partial charge in [-0.1, -0.05) is 6.92 Å². The highest BCUT2D eigenvalue weighted by Gasteiger charge is 2.41. The number of amides is 1. The van der Waals surface area contributed by atoms with Gasteiger partial charge in [-0.15, -0.1) is 0 Å². The fourth-order valence-corrected chi connectivity index (χ4v) is 1.51. The first kappa shape index (κ1) is 10.5. The van der Waals surface area contributed by atoms with Crippen LogP contribution in [0.1, 0.15) is 33.1 Å². The lowest BCUT2D eigenvalue weighted by Crippen LogP contribution is -2.37. The average molecular weight is 211 g/mol. The average Bonchev–Trinajstić information content (AvgIpc) is 3.03. The Balaban J connectivity index is 1.72. The second kappa shape index (κ2) is 3.83. The molecule has 15 heavy (non-hydrogen) atoms. The van der Waals surface area contributed by atoms with Gasteiger partial charge in [-0.3, -0.25) is 9.59 Å². The maximum absolute atomic E-state index is 11.5. The summed E-state index contributed by atoms with van der Waals surface area (Å²) in [6.45, 7) is 3.64. The van der Waals surface area contributed by atoms with Crippen molar-refractivity contribution < 1.29 is 14.3 Å². The first-order valence-corrected chi connectivity index (χ1v) is 5.59. The summed E-state index contributed by atoms with van der Waals surface area (Å²) in [5.41, 5.74) is 0. The number of rotatable bonds is 4.